The van der Waals surface area contributed by atoms with Crippen LogP contribution in [0.1, 0.15) is 12.8 Å². The fraction of sp³-hybridized carbons (Fsp3) is 0.500. The summed E-state index contributed by atoms with van der Waals surface area (Å²) in [7, 11) is 0. The van der Waals surface area contributed by atoms with Gasteiger partial charge in [-0.15, -0.1) is 0 Å². The standard InChI is InChI=1S/C8H6O6/c9-5-1-3(7(11)13-5)4-2-6(10)14-8(4)12/h3-4H,1-2H2/t3-,4-/m1/s1. The molecule has 0 aromatic heterocycles. The average molecular weight is 198 g/mol. The fourth-order valence-electron chi connectivity index (χ4n) is 1.60. The lowest BCUT2D eigenvalue weighted by Gasteiger charge is -2.06. The Kier molecular flexibility index (Phi) is 1.83. The van der Waals surface area contributed by atoms with Gasteiger partial charge in [-0.25, -0.2) is 0 Å². The molecule has 2 aliphatic rings. The largest absolute Gasteiger partial charge is 0.393 e. The number of carbonyl (C=O) groups excluding carboxylic acids is 4. The van der Waals surface area contributed by atoms with E-state index in [9.17, 15) is 19.2 Å². The van der Waals surface area contributed by atoms with E-state index in [-0.39, 0.29) is 12.8 Å². The highest BCUT2D eigenvalue weighted by molar-refractivity contribution is 6.01. The van der Waals surface area contributed by atoms with Crippen LogP contribution in [-0.2, 0) is 28.7 Å². The molecule has 0 bridgehead atoms. The predicted molar refractivity (Wildman–Crippen MR) is 38.4 cm³/mol. The summed E-state index contributed by atoms with van der Waals surface area (Å²) in [6.45, 7) is 0. The van der Waals surface area contributed by atoms with Crippen molar-refractivity contribution in [3.63, 3.8) is 0 Å². The van der Waals surface area contributed by atoms with Crippen molar-refractivity contribution < 1.29 is 28.7 Å². The van der Waals surface area contributed by atoms with Gasteiger partial charge in [-0.05, 0) is 0 Å². The van der Waals surface area contributed by atoms with Crippen molar-refractivity contribution in [2.24, 2.45) is 11.8 Å². The third-order valence-electron chi connectivity index (χ3n) is 2.29. The van der Waals surface area contributed by atoms with E-state index < -0.39 is 35.7 Å². The second-order valence-electron chi connectivity index (χ2n) is 3.21. The number of esters is 4. The highest BCUT2D eigenvalue weighted by Crippen LogP contribution is 2.31. The van der Waals surface area contributed by atoms with Crippen LogP contribution in [0.25, 0.3) is 0 Å². The molecule has 0 unspecified atom stereocenters. The van der Waals surface area contributed by atoms with Gasteiger partial charge < -0.3 is 9.47 Å². The summed E-state index contributed by atoms with van der Waals surface area (Å²) in [4.78, 5) is 43.6. The van der Waals surface area contributed by atoms with Gasteiger partial charge in [-0.1, -0.05) is 0 Å². The minimum atomic E-state index is -0.846. The van der Waals surface area contributed by atoms with Gasteiger partial charge in [0.1, 0.15) is 0 Å². The van der Waals surface area contributed by atoms with Crippen LogP contribution in [0.5, 0.6) is 0 Å². The van der Waals surface area contributed by atoms with Gasteiger partial charge in [-0.3, -0.25) is 19.2 Å². The Morgan fingerprint density at radius 1 is 0.786 bits per heavy atom. The van der Waals surface area contributed by atoms with Crippen LogP contribution in [0.3, 0.4) is 0 Å². The summed E-state index contributed by atoms with van der Waals surface area (Å²) in [5.74, 6) is -4.50. The molecule has 2 rings (SSSR count). The maximum Gasteiger partial charge on any atom is 0.318 e. The van der Waals surface area contributed by atoms with Crippen molar-refractivity contribution >= 4 is 23.9 Å². The summed E-state index contributed by atoms with van der Waals surface area (Å²) in [5.41, 5.74) is 0. The van der Waals surface area contributed by atoms with E-state index >= 15 is 0 Å². The lowest BCUT2D eigenvalue weighted by molar-refractivity contribution is -0.158. The molecule has 0 saturated carbocycles. The first kappa shape index (κ1) is 8.86. The smallest absolute Gasteiger partial charge is 0.318 e. The highest BCUT2D eigenvalue weighted by atomic mass is 16.6. The molecular weight excluding hydrogens is 192 g/mol. The minimum absolute atomic E-state index is 0.147. The van der Waals surface area contributed by atoms with Crippen LogP contribution in [-0.4, -0.2) is 23.9 Å². The van der Waals surface area contributed by atoms with Crippen LogP contribution in [0.2, 0.25) is 0 Å². The lowest BCUT2D eigenvalue weighted by Crippen LogP contribution is -2.23. The molecule has 2 heterocycles. The summed E-state index contributed by atoms with van der Waals surface area (Å²) in [5, 5.41) is 0. The molecular formula is C8H6O6. The van der Waals surface area contributed by atoms with Crippen molar-refractivity contribution in [1.82, 2.24) is 0 Å². The van der Waals surface area contributed by atoms with Crippen molar-refractivity contribution in [3.05, 3.63) is 0 Å². The number of hydrogen-bond donors (Lipinski definition) is 0. The van der Waals surface area contributed by atoms with Crippen LogP contribution < -0.4 is 0 Å². The van der Waals surface area contributed by atoms with Crippen molar-refractivity contribution in [2.75, 3.05) is 0 Å². The molecule has 0 radical (unpaired) electrons. The summed E-state index contributed by atoms with van der Waals surface area (Å²) >= 11 is 0. The van der Waals surface area contributed by atoms with Gasteiger partial charge in [0.2, 0.25) is 0 Å². The molecule has 0 amide bonds. The Labute approximate surface area is 78.2 Å². The fourth-order valence-corrected chi connectivity index (χ4v) is 1.60. The van der Waals surface area contributed by atoms with Crippen LogP contribution in [0.4, 0.5) is 0 Å². The van der Waals surface area contributed by atoms with Gasteiger partial charge in [0.05, 0.1) is 24.7 Å². The molecule has 6 nitrogen and oxygen atoms in total. The SMILES string of the molecule is O=C1C[C@H]([C@H]2CC(=O)OC2=O)C(=O)O1. The average Bonchev–Trinajstić information content (AvgIpc) is 2.55. The Morgan fingerprint density at radius 3 is 1.36 bits per heavy atom. The first-order valence-corrected chi connectivity index (χ1v) is 4.07. The summed E-state index contributed by atoms with van der Waals surface area (Å²) in [6.07, 6.45) is -0.294. The summed E-state index contributed by atoms with van der Waals surface area (Å²) < 4.78 is 8.55. The number of ether oxygens (including phenoxy) is 2. The Bertz CT molecular complexity index is 310. The molecule has 2 saturated heterocycles. The van der Waals surface area contributed by atoms with E-state index in [0.29, 0.717) is 0 Å². The Balaban J connectivity index is 2.16. The molecule has 74 valence electrons. The van der Waals surface area contributed by atoms with Crippen molar-refractivity contribution in [3.8, 4) is 0 Å². The van der Waals surface area contributed by atoms with Crippen LogP contribution in [0.15, 0.2) is 0 Å². The Morgan fingerprint density at radius 2 is 1.14 bits per heavy atom. The zero-order valence-electron chi connectivity index (χ0n) is 7.02. The van der Waals surface area contributed by atoms with E-state index in [1.54, 1.807) is 0 Å². The maximum atomic E-state index is 11.1. The van der Waals surface area contributed by atoms with E-state index in [0.717, 1.165) is 0 Å². The number of hydrogen-bond acceptors (Lipinski definition) is 6. The number of carbonyl (C=O) groups is 4. The topological polar surface area (TPSA) is 86.7 Å². The maximum absolute atomic E-state index is 11.1. The quantitative estimate of drug-likeness (QED) is 0.403. The van der Waals surface area contributed by atoms with Crippen LogP contribution in [0, 0.1) is 11.8 Å². The molecule has 2 fully saturated rings. The molecule has 0 N–H and O–H groups in total. The van der Waals surface area contributed by atoms with Gasteiger partial charge in [0.15, 0.2) is 0 Å². The molecule has 6 heteroatoms. The van der Waals surface area contributed by atoms with E-state index in [4.69, 9.17) is 0 Å². The van der Waals surface area contributed by atoms with Gasteiger partial charge in [0.25, 0.3) is 0 Å². The van der Waals surface area contributed by atoms with Crippen molar-refractivity contribution in [2.45, 2.75) is 12.8 Å². The second kappa shape index (κ2) is 2.90. The number of cyclic esters (lactones) is 4. The highest BCUT2D eigenvalue weighted by Gasteiger charge is 2.48. The first-order chi connectivity index (χ1) is 6.58. The summed E-state index contributed by atoms with van der Waals surface area (Å²) in [6, 6.07) is 0. The van der Waals surface area contributed by atoms with Crippen molar-refractivity contribution in [1.29, 1.82) is 0 Å². The first-order valence-electron chi connectivity index (χ1n) is 4.07. The Hall–Kier alpha value is -1.72. The van der Waals surface area contributed by atoms with Gasteiger partial charge in [-0.2, -0.15) is 0 Å². The van der Waals surface area contributed by atoms with Crippen LogP contribution >= 0.6 is 0 Å². The normalized spacial score (nSPS) is 32.0. The molecule has 2 aliphatic heterocycles. The monoisotopic (exact) mass is 198 g/mol. The molecule has 2 atom stereocenters. The van der Waals surface area contributed by atoms with E-state index in [2.05, 4.69) is 9.47 Å². The lowest BCUT2D eigenvalue weighted by atomic mass is 9.90. The van der Waals surface area contributed by atoms with Gasteiger partial charge in [0, 0.05) is 0 Å². The molecule has 14 heavy (non-hydrogen) atoms. The minimum Gasteiger partial charge on any atom is -0.393 e. The molecule has 0 spiro atoms. The molecule has 0 aromatic carbocycles. The zero-order valence-corrected chi connectivity index (χ0v) is 7.02. The van der Waals surface area contributed by atoms with E-state index in [1.807, 2.05) is 0 Å². The third kappa shape index (κ3) is 1.28. The predicted octanol–water partition coefficient (Wildman–Crippen LogP) is -0.834. The molecule has 0 aliphatic carbocycles. The molecule has 0 aromatic rings. The number of rotatable bonds is 1. The zero-order chi connectivity index (χ0) is 10.3. The third-order valence-corrected chi connectivity index (χ3v) is 2.29. The van der Waals surface area contributed by atoms with Gasteiger partial charge >= 0.3 is 23.9 Å². The second-order valence-corrected chi connectivity index (χ2v) is 3.21. The van der Waals surface area contributed by atoms with E-state index in [1.165, 1.54) is 0 Å².